The maximum atomic E-state index is 5.60. The summed E-state index contributed by atoms with van der Waals surface area (Å²) in [5.41, 5.74) is 0. The molecule has 2 heterocycles. The van der Waals surface area contributed by atoms with Gasteiger partial charge in [0.25, 0.3) is 0 Å². The molecule has 4 rings (SSSR count). The van der Waals surface area contributed by atoms with Crippen molar-refractivity contribution in [3.8, 4) is 0 Å². The average Bonchev–Trinajstić information content (AvgIpc) is 2.90. The number of hydrogen-bond donors (Lipinski definition) is 1. The van der Waals surface area contributed by atoms with Gasteiger partial charge in [-0.1, -0.05) is 18.5 Å². The normalized spacial score (nSPS) is 35.0. The molecule has 5 heteroatoms. The Hall–Kier alpha value is -0.940. The lowest BCUT2D eigenvalue weighted by atomic mass is 10.1. The molecule has 5 nitrogen and oxygen atoms in total. The van der Waals surface area contributed by atoms with Crippen molar-refractivity contribution in [2.45, 2.75) is 44.6 Å². The lowest BCUT2D eigenvalue weighted by Crippen LogP contribution is -2.45. The lowest BCUT2D eigenvalue weighted by Gasteiger charge is -2.32. The van der Waals surface area contributed by atoms with Gasteiger partial charge in [-0.2, -0.15) is 4.98 Å². The summed E-state index contributed by atoms with van der Waals surface area (Å²) in [6, 6.07) is 0.327. The molecule has 0 bridgehead atoms. The maximum absolute atomic E-state index is 5.60. The Kier molecular flexibility index (Phi) is 3.27. The van der Waals surface area contributed by atoms with Crippen LogP contribution in [-0.4, -0.2) is 41.2 Å². The molecule has 3 unspecified atom stereocenters. The molecule has 1 aromatic rings. The number of nitrogens with zero attached hydrogens (tertiary/aromatic N) is 3. The van der Waals surface area contributed by atoms with E-state index in [1.54, 1.807) is 0 Å². The molecule has 20 heavy (non-hydrogen) atoms. The van der Waals surface area contributed by atoms with Crippen molar-refractivity contribution in [1.82, 2.24) is 20.4 Å². The van der Waals surface area contributed by atoms with Crippen molar-refractivity contribution in [2.24, 2.45) is 11.8 Å². The van der Waals surface area contributed by atoms with Crippen molar-refractivity contribution in [3.05, 3.63) is 11.7 Å². The summed E-state index contributed by atoms with van der Waals surface area (Å²) in [4.78, 5) is 7.25. The highest BCUT2D eigenvalue weighted by molar-refractivity contribution is 5.16. The topological polar surface area (TPSA) is 54.2 Å². The van der Waals surface area contributed by atoms with Crippen molar-refractivity contribution in [3.63, 3.8) is 0 Å². The maximum Gasteiger partial charge on any atom is 0.230 e. The van der Waals surface area contributed by atoms with Crippen molar-refractivity contribution in [2.75, 3.05) is 26.2 Å². The summed E-state index contributed by atoms with van der Waals surface area (Å²) in [6.07, 6.45) is 5.17. The van der Waals surface area contributed by atoms with Gasteiger partial charge in [0.1, 0.15) is 0 Å². The first-order chi connectivity index (χ1) is 9.88. The van der Waals surface area contributed by atoms with Crippen LogP contribution in [0.4, 0.5) is 0 Å². The van der Waals surface area contributed by atoms with Crippen LogP contribution in [0.15, 0.2) is 4.52 Å². The Labute approximate surface area is 120 Å². The fourth-order valence-electron chi connectivity index (χ4n) is 4.30. The smallest absolute Gasteiger partial charge is 0.230 e. The van der Waals surface area contributed by atoms with Crippen LogP contribution in [0, 0.1) is 11.8 Å². The van der Waals surface area contributed by atoms with Crippen molar-refractivity contribution in [1.29, 1.82) is 0 Å². The minimum absolute atomic E-state index is 0.327. The molecule has 3 fully saturated rings. The minimum atomic E-state index is 0.327. The number of hydrogen-bond acceptors (Lipinski definition) is 5. The van der Waals surface area contributed by atoms with E-state index in [4.69, 9.17) is 9.51 Å². The van der Waals surface area contributed by atoms with Crippen LogP contribution < -0.4 is 5.32 Å². The first kappa shape index (κ1) is 12.8. The molecule has 2 aliphatic carbocycles. The molecule has 3 aliphatic rings. The first-order valence-electron chi connectivity index (χ1n) is 8.16. The van der Waals surface area contributed by atoms with Gasteiger partial charge in [0.05, 0.1) is 6.04 Å². The first-order valence-corrected chi connectivity index (χ1v) is 8.16. The zero-order valence-electron chi connectivity index (χ0n) is 12.2. The van der Waals surface area contributed by atoms with Crippen LogP contribution in [-0.2, 0) is 0 Å². The van der Waals surface area contributed by atoms with Crippen molar-refractivity contribution < 1.29 is 4.52 Å². The van der Waals surface area contributed by atoms with Gasteiger partial charge in [0.2, 0.25) is 5.89 Å². The minimum Gasteiger partial charge on any atom is -0.339 e. The fraction of sp³-hybridized carbons (Fsp3) is 0.867. The van der Waals surface area contributed by atoms with Crippen LogP contribution in [0.2, 0.25) is 0 Å². The zero-order valence-corrected chi connectivity index (χ0v) is 12.2. The van der Waals surface area contributed by atoms with E-state index in [9.17, 15) is 0 Å². The Bertz CT molecular complexity index is 458. The van der Waals surface area contributed by atoms with E-state index in [-0.39, 0.29) is 0 Å². The number of fused-ring (bicyclic) bond motifs is 1. The number of rotatable bonds is 4. The monoisotopic (exact) mass is 276 g/mol. The van der Waals surface area contributed by atoms with Crippen molar-refractivity contribution >= 4 is 0 Å². The molecule has 3 atom stereocenters. The van der Waals surface area contributed by atoms with E-state index in [0.717, 1.165) is 56.2 Å². The molecule has 1 aromatic heterocycles. The molecule has 1 N–H and O–H groups in total. The number of nitrogens with one attached hydrogen (secondary N) is 1. The van der Waals surface area contributed by atoms with Crippen LogP contribution in [0.1, 0.15) is 56.3 Å². The molecule has 0 radical (unpaired) electrons. The quantitative estimate of drug-likeness (QED) is 0.911. The van der Waals surface area contributed by atoms with Gasteiger partial charge in [-0.25, -0.2) is 0 Å². The van der Waals surface area contributed by atoms with Gasteiger partial charge >= 0.3 is 0 Å². The van der Waals surface area contributed by atoms with E-state index < -0.39 is 0 Å². The molecule has 0 aromatic carbocycles. The van der Waals surface area contributed by atoms with Crippen LogP contribution >= 0.6 is 0 Å². The Morgan fingerprint density at radius 1 is 1.30 bits per heavy atom. The number of aromatic nitrogens is 2. The summed E-state index contributed by atoms with van der Waals surface area (Å²) < 4.78 is 5.60. The summed E-state index contributed by atoms with van der Waals surface area (Å²) in [7, 11) is 0. The Morgan fingerprint density at radius 2 is 2.05 bits per heavy atom. The second-order valence-corrected chi connectivity index (χ2v) is 6.49. The van der Waals surface area contributed by atoms with Gasteiger partial charge in [-0.15, -0.1) is 0 Å². The van der Waals surface area contributed by atoms with Gasteiger partial charge in [-0.3, -0.25) is 4.90 Å². The molecular weight excluding hydrogens is 252 g/mol. The van der Waals surface area contributed by atoms with E-state index in [1.165, 1.54) is 19.3 Å². The highest BCUT2D eigenvalue weighted by Gasteiger charge is 2.56. The third-order valence-electron chi connectivity index (χ3n) is 5.43. The summed E-state index contributed by atoms with van der Waals surface area (Å²) in [5.74, 6) is 4.12. The van der Waals surface area contributed by atoms with E-state index in [0.29, 0.717) is 12.0 Å². The SMILES string of the molecule is CCC(c1noc(C2C3CCCC32)n1)N1CCNCC1. The Morgan fingerprint density at radius 3 is 2.75 bits per heavy atom. The molecular formula is C15H24N4O. The lowest BCUT2D eigenvalue weighted by molar-refractivity contribution is 0.160. The second-order valence-electron chi connectivity index (χ2n) is 6.49. The third-order valence-corrected chi connectivity index (χ3v) is 5.43. The highest BCUT2D eigenvalue weighted by Crippen LogP contribution is 2.62. The number of piperazine rings is 1. The summed E-state index contributed by atoms with van der Waals surface area (Å²) >= 11 is 0. The van der Waals surface area contributed by atoms with E-state index in [1.807, 2.05) is 0 Å². The van der Waals surface area contributed by atoms with Crippen LogP contribution in [0.3, 0.4) is 0 Å². The summed E-state index contributed by atoms with van der Waals surface area (Å²) in [5, 5.41) is 7.70. The van der Waals surface area contributed by atoms with Gasteiger partial charge < -0.3 is 9.84 Å². The largest absolute Gasteiger partial charge is 0.339 e. The highest BCUT2D eigenvalue weighted by atomic mass is 16.5. The Balaban J connectivity index is 1.48. The molecule has 2 saturated carbocycles. The fourth-order valence-corrected chi connectivity index (χ4v) is 4.30. The third kappa shape index (κ3) is 2.07. The molecule has 0 spiro atoms. The van der Waals surface area contributed by atoms with E-state index in [2.05, 4.69) is 22.3 Å². The van der Waals surface area contributed by atoms with Gasteiger partial charge in [0.15, 0.2) is 5.82 Å². The van der Waals surface area contributed by atoms with Crippen LogP contribution in [0.25, 0.3) is 0 Å². The predicted octanol–water partition coefficient (Wildman–Crippen LogP) is 1.94. The molecule has 1 aliphatic heterocycles. The van der Waals surface area contributed by atoms with Gasteiger partial charge in [-0.05, 0) is 31.1 Å². The van der Waals surface area contributed by atoms with Crippen LogP contribution in [0.5, 0.6) is 0 Å². The predicted molar refractivity (Wildman–Crippen MR) is 75.3 cm³/mol. The standard InChI is InChI=1S/C15H24N4O/c1-2-12(19-8-6-16-7-9-19)14-17-15(20-18-14)13-10-4-3-5-11(10)13/h10-13,16H,2-9H2,1H3. The molecule has 110 valence electrons. The summed E-state index contributed by atoms with van der Waals surface area (Å²) in [6.45, 7) is 6.50. The van der Waals surface area contributed by atoms with E-state index >= 15 is 0 Å². The zero-order chi connectivity index (χ0) is 13.5. The molecule has 1 saturated heterocycles. The average molecular weight is 276 g/mol. The molecule has 0 amide bonds. The second kappa shape index (κ2) is 5.11. The van der Waals surface area contributed by atoms with Gasteiger partial charge in [0, 0.05) is 32.1 Å².